The number of allylic oxidation sites excluding steroid dienone is 4. The largest absolute Gasteiger partial charge is 0.388 e. The molecule has 0 aliphatic heterocycles. The van der Waals surface area contributed by atoms with Gasteiger partial charge < -0.3 is 5.32 Å². The molecule has 0 aliphatic rings. The van der Waals surface area contributed by atoms with E-state index in [0.29, 0.717) is 0 Å². The SMILES string of the molecule is C\C=C/C(=C\C=C\S)NC. The molecule has 0 unspecified atom stereocenters. The molecule has 0 radical (unpaired) electrons. The van der Waals surface area contributed by atoms with E-state index in [0.717, 1.165) is 5.70 Å². The second-order valence-corrected chi connectivity index (χ2v) is 2.01. The lowest BCUT2D eigenvalue weighted by Crippen LogP contribution is -2.01. The van der Waals surface area contributed by atoms with Crippen LogP contribution in [0.15, 0.2) is 35.4 Å². The molecule has 0 atom stereocenters. The van der Waals surface area contributed by atoms with Crippen LogP contribution in [0, 0.1) is 0 Å². The fourth-order valence-electron chi connectivity index (χ4n) is 0.548. The van der Waals surface area contributed by atoms with E-state index >= 15 is 0 Å². The van der Waals surface area contributed by atoms with Crippen molar-refractivity contribution in [1.29, 1.82) is 0 Å². The van der Waals surface area contributed by atoms with Crippen molar-refractivity contribution in [3.63, 3.8) is 0 Å². The average molecular weight is 155 g/mol. The molecular formula is C8H13NS. The van der Waals surface area contributed by atoms with Gasteiger partial charge in [-0.2, -0.15) is 12.6 Å². The number of nitrogens with one attached hydrogen (secondary N) is 1. The quantitative estimate of drug-likeness (QED) is 0.470. The van der Waals surface area contributed by atoms with Gasteiger partial charge in [0.15, 0.2) is 0 Å². The third-order valence-electron chi connectivity index (χ3n) is 0.997. The minimum atomic E-state index is 1.08. The number of thiol groups is 1. The van der Waals surface area contributed by atoms with Crippen molar-refractivity contribution in [2.24, 2.45) is 0 Å². The van der Waals surface area contributed by atoms with Crippen molar-refractivity contribution in [2.75, 3.05) is 7.05 Å². The Labute approximate surface area is 67.9 Å². The van der Waals surface area contributed by atoms with E-state index in [1.165, 1.54) is 0 Å². The highest BCUT2D eigenvalue weighted by molar-refractivity contribution is 7.83. The maximum Gasteiger partial charge on any atom is 0.0334 e. The molecule has 0 aromatic heterocycles. The van der Waals surface area contributed by atoms with Crippen LogP contribution in [0.4, 0.5) is 0 Å². The second kappa shape index (κ2) is 6.49. The molecule has 0 saturated carbocycles. The summed E-state index contributed by atoms with van der Waals surface area (Å²) in [6, 6.07) is 0. The molecule has 0 fully saturated rings. The summed E-state index contributed by atoms with van der Waals surface area (Å²) in [5, 5.41) is 4.72. The zero-order valence-electron chi connectivity index (χ0n) is 6.33. The molecular weight excluding hydrogens is 142 g/mol. The summed E-state index contributed by atoms with van der Waals surface area (Å²) in [5.74, 6) is 0. The van der Waals surface area contributed by atoms with Gasteiger partial charge in [-0.3, -0.25) is 0 Å². The first-order valence-electron chi connectivity index (χ1n) is 3.16. The van der Waals surface area contributed by atoms with Gasteiger partial charge in [0.1, 0.15) is 0 Å². The molecule has 0 aromatic rings. The van der Waals surface area contributed by atoms with Gasteiger partial charge in [-0.15, -0.1) is 0 Å². The van der Waals surface area contributed by atoms with Crippen LogP contribution in [0.1, 0.15) is 6.92 Å². The maximum absolute atomic E-state index is 3.93. The molecule has 0 saturated heterocycles. The van der Waals surface area contributed by atoms with Crippen molar-refractivity contribution in [3.05, 3.63) is 35.4 Å². The Bertz CT molecular complexity index is 157. The Balaban J connectivity index is 4.04. The van der Waals surface area contributed by atoms with E-state index in [4.69, 9.17) is 0 Å². The molecule has 10 heavy (non-hydrogen) atoms. The molecule has 0 spiro atoms. The predicted molar refractivity (Wildman–Crippen MR) is 50.1 cm³/mol. The van der Waals surface area contributed by atoms with Gasteiger partial charge in [0.25, 0.3) is 0 Å². The predicted octanol–water partition coefficient (Wildman–Crippen LogP) is 2.11. The van der Waals surface area contributed by atoms with Gasteiger partial charge in [0.05, 0.1) is 0 Å². The summed E-state index contributed by atoms with van der Waals surface area (Å²) in [5.41, 5.74) is 1.08. The average Bonchev–Trinajstić information content (AvgIpc) is 1.98. The molecule has 56 valence electrons. The second-order valence-electron chi connectivity index (χ2n) is 1.71. The lowest BCUT2D eigenvalue weighted by atomic mass is 10.3. The van der Waals surface area contributed by atoms with Crippen LogP contribution >= 0.6 is 12.6 Å². The first kappa shape index (κ1) is 9.37. The zero-order chi connectivity index (χ0) is 7.82. The van der Waals surface area contributed by atoms with E-state index in [-0.39, 0.29) is 0 Å². The van der Waals surface area contributed by atoms with Gasteiger partial charge in [0.2, 0.25) is 0 Å². The Morgan fingerprint density at radius 2 is 2.20 bits per heavy atom. The summed E-state index contributed by atoms with van der Waals surface area (Å²) in [6.07, 6.45) is 7.80. The van der Waals surface area contributed by atoms with Gasteiger partial charge in [-0.25, -0.2) is 0 Å². The minimum absolute atomic E-state index is 1.08. The van der Waals surface area contributed by atoms with Crippen LogP contribution in [0.3, 0.4) is 0 Å². The van der Waals surface area contributed by atoms with Crippen molar-refractivity contribution in [2.45, 2.75) is 6.92 Å². The monoisotopic (exact) mass is 155 g/mol. The van der Waals surface area contributed by atoms with Crippen molar-refractivity contribution in [3.8, 4) is 0 Å². The first-order chi connectivity index (χ1) is 4.85. The van der Waals surface area contributed by atoms with Crippen LogP contribution in [0.5, 0.6) is 0 Å². The van der Waals surface area contributed by atoms with Crippen LogP contribution in [-0.4, -0.2) is 7.05 Å². The molecule has 2 heteroatoms. The Kier molecular flexibility index (Phi) is 6.08. The van der Waals surface area contributed by atoms with E-state index < -0.39 is 0 Å². The number of likely N-dealkylation sites (N-methyl/N-ethyl adjacent to an activating group) is 1. The number of rotatable bonds is 3. The molecule has 1 nitrogen and oxygen atoms in total. The minimum Gasteiger partial charge on any atom is -0.388 e. The number of hydrogen-bond donors (Lipinski definition) is 2. The first-order valence-corrected chi connectivity index (χ1v) is 3.68. The summed E-state index contributed by atoms with van der Waals surface area (Å²) < 4.78 is 0. The molecule has 0 aliphatic carbocycles. The fraction of sp³-hybridized carbons (Fsp3) is 0.250. The van der Waals surface area contributed by atoms with Gasteiger partial charge in [0, 0.05) is 12.7 Å². The molecule has 0 heterocycles. The fourth-order valence-corrected chi connectivity index (χ4v) is 0.635. The number of hydrogen-bond acceptors (Lipinski definition) is 2. The highest BCUT2D eigenvalue weighted by Gasteiger charge is 1.79. The summed E-state index contributed by atoms with van der Waals surface area (Å²) >= 11 is 3.93. The standard InChI is InChI=1S/C8H13NS/c1-3-5-8(9-2)6-4-7-10/h3-7,9-10H,1-2H3/b5-3-,7-4+,8-6+. The van der Waals surface area contributed by atoms with Crippen molar-refractivity contribution >= 4 is 12.6 Å². The zero-order valence-corrected chi connectivity index (χ0v) is 7.23. The molecule has 0 amide bonds. The highest BCUT2D eigenvalue weighted by atomic mass is 32.1. The maximum atomic E-state index is 3.93. The van der Waals surface area contributed by atoms with Crippen molar-refractivity contribution < 1.29 is 0 Å². The highest BCUT2D eigenvalue weighted by Crippen LogP contribution is 1.91. The van der Waals surface area contributed by atoms with E-state index in [1.807, 2.05) is 38.3 Å². The lowest BCUT2D eigenvalue weighted by molar-refractivity contribution is 1.03. The topological polar surface area (TPSA) is 12.0 Å². The third-order valence-corrected chi connectivity index (χ3v) is 1.17. The lowest BCUT2D eigenvalue weighted by Gasteiger charge is -1.95. The van der Waals surface area contributed by atoms with E-state index in [2.05, 4.69) is 17.9 Å². The van der Waals surface area contributed by atoms with Crippen molar-refractivity contribution in [1.82, 2.24) is 5.32 Å². The van der Waals surface area contributed by atoms with E-state index in [9.17, 15) is 0 Å². The van der Waals surface area contributed by atoms with Gasteiger partial charge >= 0.3 is 0 Å². The third kappa shape index (κ3) is 4.27. The smallest absolute Gasteiger partial charge is 0.0334 e. The van der Waals surface area contributed by atoms with Crippen LogP contribution in [0.2, 0.25) is 0 Å². The molecule has 0 rings (SSSR count). The van der Waals surface area contributed by atoms with E-state index in [1.54, 1.807) is 5.41 Å². The van der Waals surface area contributed by atoms with Gasteiger partial charge in [-0.05, 0) is 24.5 Å². The van der Waals surface area contributed by atoms with Gasteiger partial charge in [-0.1, -0.05) is 12.2 Å². The Hall–Kier alpha value is -0.630. The Morgan fingerprint density at radius 3 is 2.60 bits per heavy atom. The van der Waals surface area contributed by atoms with Crippen LogP contribution in [0.25, 0.3) is 0 Å². The summed E-state index contributed by atoms with van der Waals surface area (Å²) in [7, 11) is 1.89. The Morgan fingerprint density at radius 1 is 1.50 bits per heavy atom. The molecule has 1 N–H and O–H groups in total. The molecule has 0 bridgehead atoms. The summed E-state index contributed by atoms with van der Waals surface area (Å²) in [4.78, 5) is 0. The normalized spacial score (nSPS) is 13.3. The molecule has 0 aromatic carbocycles. The van der Waals surface area contributed by atoms with Crippen LogP contribution < -0.4 is 5.32 Å². The summed E-state index contributed by atoms with van der Waals surface area (Å²) in [6.45, 7) is 1.98. The van der Waals surface area contributed by atoms with Crippen LogP contribution in [-0.2, 0) is 0 Å².